The highest BCUT2D eigenvalue weighted by molar-refractivity contribution is 5.80. The molecule has 1 heterocycles. The average molecular weight is 268 g/mol. The van der Waals surface area contributed by atoms with E-state index in [1.54, 1.807) is 20.9 Å². The first-order valence-electron chi connectivity index (χ1n) is 5.88. The van der Waals surface area contributed by atoms with Crippen molar-refractivity contribution in [3.63, 3.8) is 0 Å². The predicted molar refractivity (Wildman–Crippen MR) is 60.1 cm³/mol. The summed E-state index contributed by atoms with van der Waals surface area (Å²) in [4.78, 5) is 13.0. The van der Waals surface area contributed by atoms with Gasteiger partial charge in [-0.2, -0.15) is 13.2 Å². The molecule has 4 nitrogen and oxygen atoms in total. The number of hydrogen-bond donors (Lipinski definition) is 1. The summed E-state index contributed by atoms with van der Waals surface area (Å²) < 4.78 is 42.5. The number of halogens is 3. The zero-order valence-corrected chi connectivity index (χ0v) is 10.8. The van der Waals surface area contributed by atoms with E-state index in [4.69, 9.17) is 4.74 Å². The summed E-state index contributed by atoms with van der Waals surface area (Å²) >= 11 is 0. The van der Waals surface area contributed by atoms with E-state index in [0.717, 1.165) is 4.90 Å². The smallest absolute Gasteiger partial charge is 0.379 e. The van der Waals surface area contributed by atoms with Crippen LogP contribution < -0.4 is 5.32 Å². The van der Waals surface area contributed by atoms with E-state index in [2.05, 4.69) is 5.32 Å². The number of ether oxygens (including phenoxy) is 1. The van der Waals surface area contributed by atoms with Crippen molar-refractivity contribution >= 4 is 5.91 Å². The van der Waals surface area contributed by atoms with E-state index in [1.165, 1.54) is 0 Å². The molecule has 1 aliphatic rings. The first-order chi connectivity index (χ1) is 8.26. The maximum Gasteiger partial charge on any atom is 0.406 e. The molecule has 0 aromatic heterocycles. The van der Waals surface area contributed by atoms with Crippen LogP contribution in [0.2, 0.25) is 0 Å². The molecule has 0 spiro atoms. The molecule has 1 saturated heterocycles. The number of amides is 1. The molecule has 1 amide bonds. The third-order valence-corrected chi connectivity index (χ3v) is 3.02. The van der Waals surface area contributed by atoms with E-state index in [-0.39, 0.29) is 12.6 Å². The van der Waals surface area contributed by atoms with Crippen LogP contribution in [0.15, 0.2) is 0 Å². The summed E-state index contributed by atoms with van der Waals surface area (Å²) in [5, 5.41) is 2.90. The first-order valence-corrected chi connectivity index (χ1v) is 5.88. The second kappa shape index (κ2) is 5.88. The Morgan fingerprint density at radius 2 is 2.06 bits per heavy atom. The zero-order chi connectivity index (χ0) is 13.9. The van der Waals surface area contributed by atoms with Crippen molar-refractivity contribution in [2.75, 3.05) is 26.8 Å². The van der Waals surface area contributed by atoms with Crippen molar-refractivity contribution in [1.29, 1.82) is 0 Å². The average Bonchev–Trinajstić information content (AvgIpc) is 2.71. The van der Waals surface area contributed by atoms with Gasteiger partial charge >= 0.3 is 6.18 Å². The second-order valence-electron chi connectivity index (χ2n) is 4.71. The Morgan fingerprint density at radius 1 is 1.44 bits per heavy atom. The van der Waals surface area contributed by atoms with Crippen LogP contribution in [0.3, 0.4) is 0 Å². The van der Waals surface area contributed by atoms with Gasteiger partial charge in [-0.05, 0) is 20.9 Å². The molecule has 0 radical (unpaired) electrons. The van der Waals surface area contributed by atoms with E-state index < -0.39 is 30.6 Å². The second-order valence-corrected chi connectivity index (χ2v) is 4.71. The third-order valence-electron chi connectivity index (χ3n) is 3.02. The standard InChI is InChI=1S/C11H19F3N2O2/c1-7(2)16(6-11(12,13)14)10(17)8-4-18-5-9(8)15-3/h7-9,15H,4-6H2,1-3H3. The molecule has 1 fully saturated rings. The van der Waals surface area contributed by atoms with Gasteiger partial charge < -0.3 is 15.0 Å². The number of nitrogens with one attached hydrogen (secondary N) is 1. The van der Waals surface area contributed by atoms with Crippen LogP contribution in [0.1, 0.15) is 13.8 Å². The van der Waals surface area contributed by atoms with Crippen molar-refractivity contribution in [2.45, 2.75) is 32.1 Å². The number of nitrogens with zero attached hydrogens (tertiary/aromatic N) is 1. The molecule has 2 atom stereocenters. The van der Waals surface area contributed by atoms with Crippen LogP contribution in [0.25, 0.3) is 0 Å². The lowest BCUT2D eigenvalue weighted by atomic mass is 10.0. The molecular weight excluding hydrogens is 249 g/mol. The molecule has 1 rings (SSSR count). The molecule has 0 aliphatic carbocycles. The molecule has 106 valence electrons. The lowest BCUT2D eigenvalue weighted by Crippen LogP contribution is -2.50. The summed E-state index contributed by atoms with van der Waals surface area (Å²) in [5.41, 5.74) is 0. The highest BCUT2D eigenvalue weighted by atomic mass is 19.4. The van der Waals surface area contributed by atoms with Crippen LogP contribution in [0.4, 0.5) is 13.2 Å². The summed E-state index contributed by atoms with van der Waals surface area (Å²) in [7, 11) is 1.67. The Morgan fingerprint density at radius 3 is 2.50 bits per heavy atom. The van der Waals surface area contributed by atoms with Crippen molar-refractivity contribution in [2.24, 2.45) is 5.92 Å². The van der Waals surface area contributed by atoms with Crippen LogP contribution in [-0.2, 0) is 9.53 Å². The molecular formula is C11H19F3N2O2. The van der Waals surface area contributed by atoms with Gasteiger partial charge in [0.25, 0.3) is 0 Å². The van der Waals surface area contributed by atoms with Gasteiger partial charge in [-0.1, -0.05) is 0 Å². The van der Waals surface area contributed by atoms with Crippen LogP contribution >= 0.6 is 0 Å². The lowest BCUT2D eigenvalue weighted by molar-refractivity contribution is -0.167. The summed E-state index contributed by atoms with van der Waals surface area (Å²) in [5.74, 6) is -1.04. The Hall–Kier alpha value is -0.820. The minimum atomic E-state index is -4.38. The van der Waals surface area contributed by atoms with E-state index in [9.17, 15) is 18.0 Å². The van der Waals surface area contributed by atoms with Gasteiger partial charge in [0.1, 0.15) is 6.54 Å². The van der Waals surface area contributed by atoms with Crippen LogP contribution in [0, 0.1) is 5.92 Å². The number of rotatable bonds is 4. The highest BCUT2D eigenvalue weighted by Gasteiger charge is 2.40. The SMILES string of the molecule is CNC1COCC1C(=O)N(CC(F)(F)F)C(C)C. The normalized spacial score (nSPS) is 24.6. The fraction of sp³-hybridized carbons (Fsp3) is 0.909. The van der Waals surface area contributed by atoms with Gasteiger partial charge in [-0.3, -0.25) is 4.79 Å². The van der Waals surface area contributed by atoms with Gasteiger partial charge in [-0.25, -0.2) is 0 Å². The Bertz CT molecular complexity index is 295. The zero-order valence-electron chi connectivity index (χ0n) is 10.8. The minimum absolute atomic E-state index is 0.172. The van der Waals surface area contributed by atoms with Crippen molar-refractivity contribution < 1.29 is 22.7 Å². The lowest BCUT2D eigenvalue weighted by Gasteiger charge is -2.31. The van der Waals surface area contributed by atoms with Crippen molar-refractivity contribution in [3.8, 4) is 0 Å². The summed E-state index contributed by atoms with van der Waals surface area (Å²) in [6, 6.07) is -0.704. The molecule has 7 heteroatoms. The minimum Gasteiger partial charge on any atom is -0.379 e. The number of hydrogen-bond acceptors (Lipinski definition) is 3. The molecule has 0 bridgehead atoms. The predicted octanol–water partition coefficient (Wildman–Crippen LogP) is 1.02. The van der Waals surface area contributed by atoms with Crippen molar-refractivity contribution in [1.82, 2.24) is 10.2 Å². The van der Waals surface area contributed by atoms with Gasteiger partial charge in [0, 0.05) is 12.1 Å². The maximum atomic E-state index is 12.5. The van der Waals surface area contributed by atoms with E-state index >= 15 is 0 Å². The first kappa shape index (κ1) is 15.2. The number of carbonyl (C=O) groups excluding carboxylic acids is 1. The molecule has 1 N–H and O–H groups in total. The van der Waals surface area contributed by atoms with Gasteiger partial charge in [0.2, 0.25) is 5.91 Å². The topological polar surface area (TPSA) is 41.6 Å². The number of alkyl halides is 3. The third kappa shape index (κ3) is 3.84. The van der Waals surface area contributed by atoms with Gasteiger partial charge in [0.05, 0.1) is 19.1 Å². The monoisotopic (exact) mass is 268 g/mol. The Labute approximate surface area is 104 Å². The molecule has 0 aromatic carbocycles. The fourth-order valence-corrected chi connectivity index (χ4v) is 2.00. The molecule has 0 aromatic rings. The summed E-state index contributed by atoms with van der Waals surface area (Å²) in [6.07, 6.45) is -4.38. The van der Waals surface area contributed by atoms with Crippen LogP contribution in [-0.4, -0.2) is 55.9 Å². The molecule has 0 saturated carbocycles. The Balaban J connectivity index is 2.76. The van der Waals surface area contributed by atoms with Gasteiger partial charge in [0.15, 0.2) is 0 Å². The van der Waals surface area contributed by atoms with Gasteiger partial charge in [-0.15, -0.1) is 0 Å². The largest absolute Gasteiger partial charge is 0.406 e. The van der Waals surface area contributed by atoms with E-state index in [0.29, 0.717) is 6.61 Å². The molecule has 18 heavy (non-hydrogen) atoms. The summed E-state index contributed by atoms with van der Waals surface area (Å²) in [6.45, 7) is 2.47. The number of likely N-dealkylation sites (N-methyl/N-ethyl adjacent to an activating group) is 1. The van der Waals surface area contributed by atoms with Crippen LogP contribution in [0.5, 0.6) is 0 Å². The quantitative estimate of drug-likeness (QED) is 0.827. The molecule has 2 unspecified atom stereocenters. The number of carbonyl (C=O) groups is 1. The molecule has 1 aliphatic heterocycles. The fourth-order valence-electron chi connectivity index (χ4n) is 2.00. The van der Waals surface area contributed by atoms with Crippen molar-refractivity contribution in [3.05, 3.63) is 0 Å². The maximum absolute atomic E-state index is 12.5. The highest BCUT2D eigenvalue weighted by Crippen LogP contribution is 2.23. The van der Waals surface area contributed by atoms with E-state index in [1.807, 2.05) is 0 Å². The Kier molecular flexibility index (Phi) is 4.98.